The highest BCUT2D eigenvalue weighted by molar-refractivity contribution is 5.03. The van der Waals surface area contributed by atoms with Crippen molar-refractivity contribution < 1.29 is 9.47 Å². The van der Waals surface area contributed by atoms with E-state index in [1.807, 2.05) is 7.11 Å². The van der Waals surface area contributed by atoms with E-state index in [2.05, 4.69) is 40.1 Å². The lowest BCUT2D eigenvalue weighted by atomic mass is 9.70. The fourth-order valence-electron chi connectivity index (χ4n) is 4.14. The summed E-state index contributed by atoms with van der Waals surface area (Å²) in [6.07, 6.45) is 5.94. The maximum absolute atomic E-state index is 6.25. The molecule has 2 aliphatic rings. The van der Waals surface area contributed by atoms with Gasteiger partial charge >= 0.3 is 0 Å². The van der Waals surface area contributed by atoms with Crippen LogP contribution in [0.3, 0.4) is 0 Å². The molecule has 2 rings (SSSR count). The molecule has 0 radical (unpaired) electrons. The Hall–Kier alpha value is -0.120. The minimum absolute atomic E-state index is 0.0108. The molecule has 1 saturated heterocycles. The molecule has 1 aliphatic heterocycles. The number of hydrogen-bond donors (Lipinski definition) is 1. The fraction of sp³-hybridized carbons (Fsp3) is 1.00. The van der Waals surface area contributed by atoms with Crippen LogP contribution < -0.4 is 5.32 Å². The van der Waals surface area contributed by atoms with Gasteiger partial charge in [-0.1, -0.05) is 0 Å². The molecule has 19 heavy (non-hydrogen) atoms. The van der Waals surface area contributed by atoms with Crippen LogP contribution in [-0.4, -0.2) is 37.0 Å². The van der Waals surface area contributed by atoms with Crippen molar-refractivity contribution in [2.45, 2.75) is 82.6 Å². The maximum atomic E-state index is 6.25. The zero-order chi connectivity index (χ0) is 14.3. The molecule has 112 valence electrons. The highest BCUT2D eigenvalue weighted by atomic mass is 16.5. The minimum Gasteiger partial charge on any atom is -0.378 e. The Kier molecular flexibility index (Phi) is 4.03. The first kappa shape index (κ1) is 15.3. The topological polar surface area (TPSA) is 30.5 Å². The molecule has 0 aromatic rings. The van der Waals surface area contributed by atoms with Crippen molar-refractivity contribution >= 4 is 0 Å². The van der Waals surface area contributed by atoms with Gasteiger partial charge in [-0.05, 0) is 66.8 Å². The van der Waals surface area contributed by atoms with Crippen LogP contribution in [0.4, 0.5) is 0 Å². The predicted molar refractivity (Wildman–Crippen MR) is 78.4 cm³/mol. The van der Waals surface area contributed by atoms with Gasteiger partial charge < -0.3 is 14.8 Å². The average Bonchev–Trinajstić information content (AvgIpc) is 2.47. The largest absolute Gasteiger partial charge is 0.378 e. The van der Waals surface area contributed by atoms with E-state index in [4.69, 9.17) is 9.47 Å². The van der Waals surface area contributed by atoms with E-state index in [0.29, 0.717) is 12.0 Å². The molecule has 1 aliphatic carbocycles. The van der Waals surface area contributed by atoms with Crippen LogP contribution >= 0.6 is 0 Å². The molecule has 0 amide bonds. The normalized spacial score (nSPS) is 32.8. The van der Waals surface area contributed by atoms with E-state index in [-0.39, 0.29) is 16.8 Å². The summed E-state index contributed by atoms with van der Waals surface area (Å²) in [6, 6.07) is 0.469. The summed E-state index contributed by atoms with van der Waals surface area (Å²) in [5, 5.41) is 3.54. The van der Waals surface area contributed by atoms with Crippen LogP contribution in [0.25, 0.3) is 0 Å². The standard InChI is InChI=1S/C16H31NO2/c1-14(2)10-12(15(3,4)19-14)13(17-5)11-16(18-6)8-7-9-16/h12-13,17H,7-11H2,1-6H3. The van der Waals surface area contributed by atoms with E-state index in [1.54, 1.807) is 0 Å². The van der Waals surface area contributed by atoms with E-state index >= 15 is 0 Å². The van der Waals surface area contributed by atoms with Gasteiger partial charge in [-0.25, -0.2) is 0 Å². The number of methoxy groups -OCH3 is 1. The lowest BCUT2D eigenvalue weighted by Gasteiger charge is -2.45. The first-order valence-electron chi connectivity index (χ1n) is 7.66. The fourth-order valence-corrected chi connectivity index (χ4v) is 4.14. The Bertz CT molecular complexity index is 315. The van der Waals surface area contributed by atoms with Crippen LogP contribution in [0.2, 0.25) is 0 Å². The van der Waals surface area contributed by atoms with Gasteiger partial charge in [-0.3, -0.25) is 0 Å². The van der Waals surface area contributed by atoms with Gasteiger partial charge in [0.2, 0.25) is 0 Å². The van der Waals surface area contributed by atoms with Gasteiger partial charge in [0.1, 0.15) is 0 Å². The molecule has 0 spiro atoms. The SMILES string of the molecule is CNC(CC1(OC)CCC1)C1CC(C)(C)OC1(C)C. The Labute approximate surface area is 118 Å². The highest BCUT2D eigenvalue weighted by Crippen LogP contribution is 2.47. The van der Waals surface area contributed by atoms with E-state index in [1.165, 1.54) is 19.3 Å². The van der Waals surface area contributed by atoms with E-state index in [0.717, 1.165) is 12.8 Å². The van der Waals surface area contributed by atoms with Gasteiger partial charge in [0.05, 0.1) is 16.8 Å². The molecule has 2 atom stereocenters. The molecular weight excluding hydrogens is 238 g/mol. The van der Waals surface area contributed by atoms with Crippen molar-refractivity contribution in [2.75, 3.05) is 14.2 Å². The predicted octanol–water partition coefficient (Wildman–Crippen LogP) is 3.13. The summed E-state index contributed by atoms with van der Waals surface area (Å²) in [6.45, 7) is 8.88. The average molecular weight is 269 g/mol. The molecule has 2 unspecified atom stereocenters. The smallest absolute Gasteiger partial charge is 0.0693 e. The Morgan fingerprint density at radius 3 is 2.21 bits per heavy atom. The molecule has 1 saturated carbocycles. The first-order chi connectivity index (χ1) is 8.74. The number of rotatable bonds is 5. The van der Waals surface area contributed by atoms with Crippen LogP contribution in [-0.2, 0) is 9.47 Å². The van der Waals surface area contributed by atoms with Crippen LogP contribution in [0, 0.1) is 5.92 Å². The molecule has 1 heterocycles. The maximum Gasteiger partial charge on any atom is 0.0693 e. The van der Waals surface area contributed by atoms with Crippen molar-refractivity contribution in [3.63, 3.8) is 0 Å². The summed E-state index contributed by atoms with van der Waals surface area (Å²) >= 11 is 0. The summed E-state index contributed by atoms with van der Waals surface area (Å²) in [4.78, 5) is 0. The quantitative estimate of drug-likeness (QED) is 0.832. The second-order valence-corrected chi connectivity index (χ2v) is 7.62. The zero-order valence-electron chi connectivity index (χ0n) is 13.5. The second-order valence-electron chi connectivity index (χ2n) is 7.62. The zero-order valence-corrected chi connectivity index (χ0v) is 13.5. The van der Waals surface area contributed by atoms with Crippen molar-refractivity contribution in [3.8, 4) is 0 Å². The van der Waals surface area contributed by atoms with Gasteiger partial charge in [-0.2, -0.15) is 0 Å². The van der Waals surface area contributed by atoms with E-state index < -0.39 is 0 Å². The first-order valence-corrected chi connectivity index (χ1v) is 7.66. The van der Waals surface area contributed by atoms with Crippen molar-refractivity contribution in [1.82, 2.24) is 5.32 Å². The second kappa shape index (κ2) is 5.01. The molecule has 0 bridgehead atoms. The molecular formula is C16H31NO2. The van der Waals surface area contributed by atoms with Gasteiger partial charge in [0.25, 0.3) is 0 Å². The summed E-state index contributed by atoms with van der Waals surface area (Å²) in [7, 11) is 3.94. The lowest BCUT2D eigenvalue weighted by molar-refractivity contribution is -0.1000. The molecule has 0 aromatic heterocycles. The Morgan fingerprint density at radius 2 is 1.89 bits per heavy atom. The molecule has 3 nitrogen and oxygen atoms in total. The number of hydrogen-bond acceptors (Lipinski definition) is 3. The van der Waals surface area contributed by atoms with Crippen molar-refractivity contribution in [3.05, 3.63) is 0 Å². The minimum atomic E-state index is -0.0597. The summed E-state index contributed by atoms with van der Waals surface area (Å²) in [5.41, 5.74) is 0.0511. The van der Waals surface area contributed by atoms with Gasteiger partial charge in [-0.15, -0.1) is 0 Å². The third-order valence-electron chi connectivity index (χ3n) is 5.29. The Balaban J connectivity index is 2.09. The number of ether oxygens (including phenoxy) is 2. The molecule has 0 aromatic carbocycles. The van der Waals surface area contributed by atoms with Crippen LogP contribution in [0.5, 0.6) is 0 Å². The van der Waals surface area contributed by atoms with Crippen LogP contribution in [0.15, 0.2) is 0 Å². The van der Waals surface area contributed by atoms with E-state index in [9.17, 15) is 0 Å². The molecule has 2 fully saturated rings. The summed E-state index contributed by atoms with van der Waals surface area (Å²) in [5.74, 6) is 0.542. The highest BCUT2D eigenvalue weighted by Gasteiger charge is 2.51. The van der Waals surface area contributed by atoms with Crippen molar-refractivity contribution in [2.24, 2.45) is 5.92 Å². The monoisotopic (exact) mass is 269 g/mol. The van der Waals surface area contributed by atoms with Gasteiger partial charge in [0.15, 0.2) is 0 Å². The number of nitrogens with one attached hydrogen (secondary N) is 1. The third-order valence-corrected chi connectivity index (χ3v) is 5.29. The lowest BCUT2D eigenvalue weighted by Crippen LogP contribution is -2.50. The summed E-state index contributed by atoms with van der Waals surface area (Å²) < 4.78 is 12.1. The van der Waals surface area contributed by atoms with Crippen molar-refractivity contribution in [1.29, 1.82) is 0 Å². The van der Waals surface area contributed by atoms with Gasteiger partial charge in [0, 0.05) is 19.1 Å². The molecule has 1 N–H and O–H groups in total. The Morgan fingerprint density at radius 1 is 1.26 bits per heavy atom. The molecule has 3 heteroatoms. The van der Waals surface area contributed by atoms with Crippen LogP contribution in [0.1, 0.15) is 59.8 Å². The third kappa shape index (κ3) is 2.98.